The molecule has 2 atom stereocenters. The standard InChI is InChI=1S/C30H32F7N5O3/c31-23(32)16-45-21-3-1-2-19(12-21)28(44)41-27(18-6-9-29(33,34)10-7-18)22-15-42-24(39-22)13-20(14-38-42)26(17-4-5-17)40-25(43)8-11-30(35,36)37/h1-3,12-15,17-18,23,26-27H,4-11,16H2,(H,40,43)(H,41,44)/t26-,27+/m1/s1. The summed E-state index contributed by atoms with van der Waals surface area (Å²) in [6, 6.07) is 5.97. The minimum atomic E-state index is -4.45. The molecule has 2 aliphatic rings. The number of hydrogen-bond acceptors (Lipinski definition) is 5. The van der Waals surface area contributed by atoms with Crippen molar-refractivity contribution in [2.24, 2.45) is 11.8 Å². The van der Waals surface area contributed by atoms with Crippen LogP contribution in [0.3, 0.4) is 0 Å². The van der Waals surface area contributed by atoms with Crippen LogP contribution < -0.4 is 15.4 Å². The van der Waals surface area contributed by atoms with Gasteiger partial charge < -0.3 is 15.4 Å². The van der Waals surface area contributed by atoms with Gasteiger partial charge in [0.25, 0.3) is 12.3 Å². The lowest BCUT2D eigenvalue weighted by Crippen LogP contribution is -2.37. The third-order valence-electron chi connectivity index (χ3n) is 8.08. The summed E-state index contributed by atoms with van der Waals surface area (Å²) >= 11 is 0. The van der Waals surface area contributed by atoms with Crippen molar-refractivity contribution in [2.45, 2.75) is 82.0 Å². The largest absolute Gasteiger partial charge is 0.488 e. The molecule has 2 heterocycles. The summed E-state index contributed by atoms with van der Waals surface area (Å²) in [7, 11) is 0. The molecule has 3 aromatic rings. The Bertz CT molecular complexity index is 1500. The van der Waals surface area contributed by atoms with Gasteiger partial charge in [-0.3, -0.25) is 9.59 Å². The molecule has 0 bridgehead atoms. The molecule has 0 saturated heterocycles. The highest BCUT2D eigenvalue weighted by Gasteiger charge is 2.40. The first-order valence-electron chi connectivity index (χ1n) is 14.7. The highest BCUT2D eigenvalue weighted by Crippen LogP contribution is 2.43. The van der Waals surface area contributed by atoms with E-state index in [9.17, 15) is 40.3 Å². The Labute approximate surface area is 253 Å². The lowest BCUT2D eigenvalue weighted by atomic mass is 9.81. The Morgan fingerprint density at radius 2 is 1.73 bits per heavy atom. The van der Waals surface area contributed by atoms with Gasteiger partial charge in [0.1, 0.15) is 12.4 Å². The number of nitrogens with zero attached hydrogens (tertiary/aromatic N) is 3. The van der Waals surface area contributed by atoms with Gasteiger partial charge in [0, 0.05) is 24.8 Å². The highest BCUT2D eigenvalue weighted by molar-refractivity contribution is 5.94. The first kappa shape index (κ1) is 32.5. The van der Waals surface area contributed by atoms with Crippen LogP contribution in [0.15, 0.2) is 42.7 Å². The monoisotopic (exact) mass is 643 g/mol. The second kappa shape index (κ2) is 13.2. The Morgan fingerprint density at radius 3 is 2.40 bits per heavy atom. The predicted octanol–water partition coefficient (Wildman–Crippen LogP) is 6.58. The maximum Gasteiger partial charge on any atom is 0.389 e. The number of halogens is 7. The van der Waals surface area contributed by atoms with E-state index in [1.165, 1.54) is 35.0 Å². The zero-order chi connectivity index (χ0) is 32.4. The van der Waals surface area contributed by atoms with Crippen molar-refractivity contribution < 1.29 is 45.1 Å². The molecule has 2 saturated carbocycles. The van der Waals surface area contributed by atoms with Gasteiger partial charge in [0.2, 0.25) is 11.8 Å². The SMILES string of the molecule is O=C(CCC(F)(F)F)N[C@@H](c1cnn2cc([C@@H](NC(=O)c3cccc(OCC(F)F)c3)C3CCC(F)(F)CC3)nc2c1)C1CC1. The van der Waals surface area contributed by atoms with Gasteiger partial charge in [-0.1, -0.05) is 6.07 Å². The number of benzene rings is 1. The van der Waals surface area contributed by atoms with Gasteiger partial charge in [-0.25, -0.2) is 27.1 Å². The first-order valence-corrected chi connectivity index (χ1v) is 14.7. The molecular weight excluding hydrogens is 611 g/mol. The molecule has 0 spiro atoms. The van der Waals surface area contributed by atoms with Crippen molar-refractivity contribution in [3.8, 4) is 5.75 Å². The van der Waals surface area contributed by atoms with Crippen LogP contribution >= 0.6 is 0 Å². The van der Waals surface area contributed by atoms with E-state index in [1.54, 1.807) is 12.3 Å². The second-order valence-electron chi connectivity index (χ2n) is 11.6. The summed E-state index contributed by atoms with van der Waals surface area (Å²) in [5.74, 6) is -4.43. The maximum atomic E-state index is 14.0. The fourth-order valence-electron chi connectivity index (χ4n) is 5.57. The third kappa shape index (κ3) is 8.85. The van der Waals surface area contributed by atoms with Crippen LogP contribution in [-0.2, 0) is 4.79 Å². The predicted molar refractivity (Wildman–Crippen MR) is 147 cm³/mol. The van der Waals surface area contributed by atoms with Crippen LogP contribution in [0.4, 0.5) is 30.7 Å². The summed E-state index contributed by atoms with van der Waals surface area (Å²) in [5.41, 5.74) is 1.36. The second-order valence-corrected chi connectivity index (χ2v) is 11.6. The molecule has 0 aliphatic heterocycles. The number of carbonyl (C=O) groups is 2. The normalized spacial score (nSPS) is 18.5. The van der Waals surface area contributed by atoms with Crippen LogP contribution in [0.25, 0.3) is 5.65 Å². The number of rotatable bonds is 12. The summed E-state index contributed by atoms with van der Waals surface area (Å²) in [6.45, 7) is -0.848. The topological polar surface area (TPSA) is 97.6 Å². The van der Waals surface area contributed by atoms with E-state index in [2.05, 4.69) is 20.7 Å². The smallest absolute Gasteiger partial charge is 0.389 e. The zero-order valence-electron chi connectivity index (χ0n) is 24.0. The van der Waals surface area contributed by atoms with Gasteiger partial charge in [0.05, 0.1) is 36.6 Å². The van der Waals surface area contributed by atoms with E-state index < -0.39 is 67.8 Å². The van der Waals surface area contributed by atoms with Crippen molar-refractivity contribution in [3.63, 3.8) is 0 Å². The lowest BCUT2D eigenvalue weighted by molar-refractivity contribution is -0.144. The molecular formula is C30H32F7N5O3. The Hall–Kier alpha value is -3.91. The van der Waals surface area contributed by atoms with Gasteiger partial charge in [-0.2, -0.15) is 18.3 Å². The number of alkyl halides is 7. The Kier molecular flexibility index (Phi) is 9.54. The van der Waals surface area contributed by atoms with E-state index in [-0.39, 0.29) is 42.9 Å². The number of amides is 2. The maximum absolute atomic E-state index is 14.0. The van der Waals surface area contributed by atoms with E-state index in [0.717, 1.165) is 12.8 Å². The van der Waals surface area contributed by atoms with Crippen molar-refractivity contribution >= 4 is 17.5 Å². The molecule has 1 aromatic carbocycles. The molecule has 2 N–H and O–H groups in total. The first-order chi connectivity index (χ1) is 21.3. The fraction of sp³-hybridized carbons (Fsp3) is 0.533. The highest BCUT2D eigenvalue weighted by atomic mass is 19.4. The molecule has 0 radical (unpaired) electrons. The van der Waals surface area contributed by atoms with E-state index >= 15 is 0 Å². The summed E-state index contributed by atoms with van der Waals surface area (Å²) < 4.78 is 97.6. The van der Waals surface area contributed by atoms with Crippen LogP contribution in [0, 0.1) is 11.8 Å². The number of carbonyl (C=O) groups excluding carboxylic acids is 2. The quantitative estimate of drug-likeness (QED) is 0.218. The number of fused-ring (bicyclic) bond motifs is 1. The lowest BCUT2D eigenvalue weighted by Gasteiger charge is -2.33. The minimum Gasteiger partial charge on any atom is -0.488 e. The van der Waals surface area contributed by atoms with Crippen LogP contribution in [0.2, 0.25) is 0 Å². The Balaban J connectivity index is 1.38. The molecule has 2 aromatic heterocycles. The van der Waals surface area contributed by atoms with Crippen molar-refractivity contribution in [1.82, 2.24) is 25.2 Å². The van der Waals surface area contributed by atoms with E-state index in [1.807, 2.05) is 0 Å². The summed E-state index contributed by atoms with van der Waals surface area (Å²) in [6.07, 6.45) is -4.99. The van der Waals surface area contributed by atoms with E-state index in [0.29, 0.717) is 16.9 Å². The molecule has 15 heteroatoms. The van der Waals surface area contributed by atoms with Crippen molar-refractivity contribution in [2.75, 3.05) is 6.61 Å². The van der Waals surface area contributed by atoms with Gasteiger partial charge in [-0.15, -0.1) is 0 Å². The van der Waals surface area contributed by atoms with E-state index in [4.69, 9.17) is 4.74 Å². The zero-order valence-corrected chi connectivity index (χ0v) is 24.0. The average Bonchev–Trinajstić information content (AvgIpc) is 3.74. The molecule has 2 aliphatic carbocycles. The molecule has 45 heavy (non-hydrogen) atoms. The number of nitrogens with one attached hydrogen (secondary N) is 2. The van der Waals surface area contributed by atoms with Gasteiger partial charge in [-0.05, 0) is 67.3 Å². The minimum absolute atomic E-state index is 0.0369. The van der Waals surface area contributed by atoms with Crippen LogP contribution in [0.5, 0.6) is 5.75 Å². The molecule has 244 valence electrons. The molecule has 8 nitrogen and oxygen atoms in total. The summed E-state index contributed by atoms with van der Waals surface area (Å²) in [5, 5.41) is 9.94. The van der Waals surface area contributed by atoms with Crippen LogP contribution in [0.1, 0.15) is 85.1 Å². The van der Waals surface area contributed by atoms with Gasteiger partial charge in [0.15, 0.2) is 5.65 Å². The summed E-state index contributed by atoms with van der Waals surface area (Å²) in [4.78, 5) is 30.3. The number of hydrogen-bond donors (Lipinski definition) is 2. The number of ether oxygens (including phenoxy) is 1. The molecule has 2 fully saturated rings. The van der Waals surface area contributed by atoms with Gasteiger partial charge >= 0.3 is 6.18 Å². The fourth-order valence-corrected chi connectivity index (χ4v) is 5.57. The van der Waals surface area contributed by atoms with Crippen molar-refractivity contribution in [3.05, 3.63) is 59.5 Å². The number of aromatic nitrogens is 3. The third-order valence-corrected chi connectivity index (χ3v) is 8.08. The molecule has 0 unspecified atom stereocenters. The van der Waals surface area contributed by atoms with Crippen molar-refractivity contribution in [1.29, 1.82) is 0 Å². The average molecular weight is 644 g/mol. The molecule has 2 amide bonds. The molecule has 5 rings (SSSR count). The number of imidazole rings is 1. The van der Waals surface area contributed by atoms with Crippen LogP contribution in [-0.4, -0.2) is 51.5 Å². The Morgan fingerprint density at radius 1 is 1.02 bits per heavy atom.